The third kappa shape index (κ3) is 4.40. The molecule has 0 spiro atoms. The van der Waals surface area contributed by atoms with Crippen LogP contribution in [0.1, 0.15) is 48.6 Å². The maximum atomic E-state index is 14.0. The smallest absolute Gasteiger partial charge is 0.243 e. The number of aryl methyl sites for hydroxylation is 1. The first-order chi connectivity index (χ1) is 16.1. The predicted octanol–water partition coefficient (Wildman–Crippen LogP) is 5.12. The second-order valence-electron chi connectivity index (χ2n) is 7.74. The lowest BCUT2D eigenvalue weighted by Gasteiger charge is -2.28. The van der Waals surface area contributed by atoms with E-state index >= 15 is 0 Å². The summed E-state index contributed by atoms with van der Waals surface area (Å²) in [6.45, 7) is 4.39. The van der Waals surface area contributed by atoms with E-state index in [1.54, 1.807) is 24.3 Å². The Morgan fingerprint density at radius 3 is 2.73 bits per heavy atom. The van der Waals surface area contributed by atoms with E-state index in [2.05, 4.69) is 23.2 Å². The number of aromatic nitrogens is 2. The molecule has 0 bridgehead atoms. The molecule has 0 radical (unpaired) electrons. The van der Waals surface area contributed by atoms with Crippen molar-refractivity contribution in [2.45, 2.75) is 39.2 Å². The highest BCUT2D eigenvalue weighted by atomic mass is 19.1. The lowest BCUT2D eigenvalue weighted by atomic mass is 9.79. The minimum atomic E-state index is -0.801. The number of nitrogens with zero attached hydrogens (tertiary/aromatic N) is 2. The summed E-state index contributed by atoms with van der Waals surface area (Å²) in [5.41, 5.74) is 2.92. The molecule has 33 heavy (non-hydrogen) atoms. The van der Waals surface area contributed by atoms with Crippen LogP contribution in [0, 0.1) is 28.5 Å². The first-order valence-corrected chi connectivity index (χ1v) is 10.9. The first kappa shape index (κ1) is 22.3. The quantitative estimate of drug-likeness (QED) is 0.498. The number of halogens is 1. The number of benzene rings is 2. The van der Waals surface area contributed by atoms with Gasteiger partial charge in [0, 0.05) is 22.7 Å². The zero-order chi connectivity index (χ0) is 23.4. The van der Waals surface area contributed by atoms with Gasteiger partial charge < -0.3 is 14.2 Å². The van der Waals surface area contributed by atoms with Crippen molar-refractivity contribution in [1.82, 2.24) is 10.2 Å². The number of aromatic amines is 1. The molecule has 0 saturated carbocycles. The summed E-state index contributed by atoms with van der Waals surface area (Å²) in [5, 5.41) is 25.3. The molecule has 0 saturated heterocycles. The Morgan fingerprint density at radius 2 is 2.00 bits per heavy atom. The Bertz CT molecular complexity index is 1200. The zero-order valence-corrected chi connectivity index (χ0v) is 18.5. The van der Waals surface area contributed by atoms with Crippen LogP contribution in [0.25, 0.3) is 0 Å². The first-order valence-electron chi connectivity index (χ1n) is 10.9. The Kier molecular flexibility index (Phi) is 6.59. The van der Waals surface area contributed by atoms with Crippen LogP contribution < -0.4 is 14.2 Å². The average Bonchev–Trinajstić information content (AvgIpc) is 3.20. The average molecular weight is 448 g/mol. The van der Waals surface area contributed by atoms with Gasteiger partial charge in [0.15, 0.2) is 11.5 Å². The number of hydrogen-bond donors (Lipinski definition) is 2. The fourth-order valence-corrected chi connectivity index (χ4v) is 4.06. The molecule has 2 unspecified atom stereocenters. The van der Waals surface area contributed by atoms with E-state index in [9.17, 15) is 9.65 Å². The van der Waals surface area contributed by atoms with Gasteiger partial charge in [0.2, 0.25) is 11.8 Å². The van der Waals surface area contributed by atoms with Crippen LogP contribution in [-0.4, -0.2) is 22.7 Å². The van der Waals surface area contributed by atoms with Gasteiger partial charge in [-0.05, 0) is 37.1 Å². The molecule has 170 valence electrons. The number of hydrogen-bond acceptors (Lipinski definition) is 6. The third-order valence-electron chi connectivity index (χ3n) is 5.59. The summed E-state index contributed by atoms with van der Waals surface area (Å²) in [6, 6.07) is 14.1. The molecule has 2 atom stereocenters. The third-order valence-corrected chi connectivity index (χ3v) is 5.59. The second-order valence-corrected chi connectivity index (χ2v) is 7.74. The van der Waals surface area contributed by atoms with Gasteiger partial charge in [-0.25, -0.2) is 4.39 Å². The Hall–Kier alpha value is -3.86. The number of ether oxygens (including phenoxy) is 3. The molecule has 3 aromatic rings. The van der Waals surface area contributed by atoms with E-state index in [1.165, 1.54) is 6.07 Å². The van der Waals surface area contributed by atoms with Crippen LogP contribution in [0.2, 0.25) is 0 Å². The molecule has 2 aromatic carbocycles. The monoisotopic (exact) mass is 448 g/mol. The van der Waals surface area contributed by atoms with Crippen LogP contribution in [0.15, 0.2) is 42.5 Å². The highest BCUT2D eigenvalue weighted by Crippen LogP contribution is 2.45. The molecular weight excluding hydrogens is 423 g/mol. The molecule has 0 fully saturated rings. The molecular formula is C25H25FN4O3. The minimum absolute atomic E-state index is 0.0569. The summed E-state index contributed by atoms with van der Waals surface area (Å²) in [6.07, 6.45) is 1.64. The molecule has 8 heteroatoms. The summed E-state index contributed by atoms with van der Waals surface area (Å²) in [4.78, 5) is 0. The van der Waals surface area contributed by atoms with Crippen LogP contribution in [-0.2, 0) is 13.0 Å². The fourth-order valence-electron chi connectivity index (χ4n) is 4.06. The van der Waals surface area contributed by atoms with E-state index in [0.29, 0.717) is 29.5 Å². The van der Waals surface area contributed by atoms with Crippen molar-refractivity contribution in [3.63, 3.8) is 0 Å². The summed E-state index contributed by atoms with van der Waals surface area (Å²) in [7, 11) is 0. The normalized spacial score (nSPS) is 17.1. The van der Waals surface area contributed by atoms with E-state index in [1.807, 2.05) is 19.1 Å². The Morgan fingerprint density at radius 1 is 1.18 bits per heavy atom. The van der Waals surface area contributed by atoms with Gasteiger partial charge in [0.1, 0.15) is 18.3 Å². The van der Waals surface area contributed by atoms with Gasteiger partial charge >= 0.3 is 0 Å². The molecule has 0 amide bonds. The van der Waals surface area contributed by atoms with Crippen molar-refractivity contribution in [3.8, 4) is 23.4 Å². The molecule has 1 aliphatic heterocycles. The number of H-pyrrole nitrogens is 1. The molecule has 2 heterocycles. The molecule has 1 aliphatic rings. The number of rotatable bonds is 8. The van der Waals surface area contributed by atoms with Crippen molar-refractivity contribution < 1.29 is 18.6 Å². The van der Waals surface area contributed by atoms with Gasteiger partial charge in [-0.3, -0.25) is 10.5 Å². The molecule has 0 aliphatic carbocycles. The largest absolute Gasteiger partial charge is 0.490 e. The van der Waals surface area contributed by atoms with Crippen LogP contribution >= 0.6 is 0 Å². The highest BCUT2D eigenvalue weighted by Gasteiger charge is 2.40. The van der Waals surface area contributed by atoms with Gasteiger partial charge in [-0.1, -0.05) is 37.6 Å². The lowest BCUT2D eigenvalue weighted by Crippen LogP contribution is -2.31. The SMILES string of the molecule is CCCc1[nH]nc2c1C(c1ccc(OCc3ccccc3F)c(OCC)c1)C(C#N)C(=N)O2. The van der Waals surface area contributed by atoms with Crippen LogP contribution in [0.3, 0.4) is 0 Å². The van der Waals surface area contributed by atoms with E-state index in [-0.39, 0.29) is 18.3 Å². The number of fused-ring (bicyclic) bond motifs is 1. The maximum Gasteiger partial charge on any atom is 0.243 e. The minimum Gasteiger partial charge on any atom is -0.490 e. The Balaban J connectivity index is 1.72. The molecule has 1 aromatic heterocycles. The van der Waals surface area contributed by atoms with Crippen LogP contribution in [0.4, 0.5) is 4.39 Å². The Labute approximate surface area is 191 Å². The summed E-state index contributed by atoms with van der Waals surface area (Å²) >= 11 is 0. The fraction of sp³-hybridized carbons (Fsp3) is 0.320. The van der Waals surface area contributed by atoms with Gasteiger partial charge in [-0.2, -0.15) is 5.26 Å². The van der Waals surface area contributed by atoms with Crippen molar-refractivity contribution in [2.75, 3.05) is 6.61 Å². The maximum absolute atomic E-state index is 14.0. The highest BCUT2D eigenvalue weighted by molar-refractivity contribution is 5.84. The zero-order valence-electron chi connectivity index (χ0n) is 18.5. The van der Waals surface area contributed by atoms with Crippen molar-refractivity contribution >= 4 is 5.90 Å². The molecule has 2 N–H and O–H groups in total. The van der Waals surface area contributed by atoms with Crippen molar-refractivity contribution in [3.05, 3.63) is 70.7 Å². The number of nitrogens with one attached hydrogen (secondary N) is 2. The number of nitriles is 1. The lowest BCUT2D eigenvalue weighted by molar-refractivity contribution is 0.265. The topological polar surface area (TPSA) is 104 Å². The van der Waals surface area contributed by atoms with E-state index in [0.717, 1.165) is 29.7 Å². The van der Waals surface area contributed by atoms with Gasteiger partial charge in [0.25, 0.3) is 0 Å². The summed E-state index contributed by atoms with van der Waals surface area (Å²) < 4.78 is 31.2. The van der Waals surface area contributed by atoms with Gasteiger partial charge in [-0.15, -0.1) is 5.10 Å². The van der Waals surface area contributed by atoms with Crippen molar-refractivity contribution in [1.29, 1.82) is 10.7 Å². The van der Waals surface area contributed by atoms with E-state index < -0.39 is 11.8 Å². The van der Waals surface area contributed by atoms with Gasteiger partial charge in [0.05, 0.1) is 12.7 Å². The second kappa shape index (κ2) is 9.74. The van der Waals surface area contributed by atoms with Crippen LogP contribution in [0.5, 0.6) is 17.4 Å². The van der Waals surface area contributed by atoms with E-state index in [4.69, 9.17) is 19.6 Å². The molecule has 4 rings (SSSR count). The van der Waals surface area contributed by atoms with Crippen molar-refractivity contribution in [2.24, 2.45) is 5.92 Å². The summed E-state index contributed by atoms with van der Waals surface area (Å²) in [5.74, 6) is -0.415. The molecule has 7 nitrogen and oxygen atoms in total. The standard InChI is InChI=1S/C25H25FN4O3/c1-3-7-19-23-22(17(13-27)24(28)33-25(23)30-29-19)15-10-11-20(21(12-15)31-4-2)32-14-16-8-5-6-9-18(16)26/h5-6,8-12,17,22,28H,3-4,7,14H2,1-2H3,(H,29,30). The predicted molar refractivity (Wildman–Crippen MR) is 120 cm³/mol.